The highest BCUT2D eigenvalue weighted by Gasteiger charge is 2.37. The second kappa shape index (κ2) is 6.80. The lowest BCUT2D eigenvalue weighted by molar-refractivity contribution is -0.156. The van der Waals surface area contributed by atoms with Gasteiger partial charge in [0.05, 0.1) is 11.8 Å². The number of benzene rings is 1. The van der Waals surface area contributed by atoms with Crippen molar-refractivity contribution in [1.82, 2.24) is 4.98 Å². The molecule has 1 saturated carbocycles. The van der Waals surface area contributed by atoms with Crippen LogP contribution < -0.4 is 5.32 Å². The molecule has 0 bridgehead atoms. The summed E-state index contributed by atoms with van der Waals surface area (Å²) < 4.78 is 48.3. The third-order valence-electron chi connectivity index (χ3n) is 3.94. The van der Waals surface area contributed by atoms with Gasteiger partial charge in [-0.2, -0.15) is 13.2 Å². The predicted molar refractivity (Wildman–Crippen MR) is 80.5 cm³/mol. The van der Waals surface area contributed by atoms with Crippen LogP contribution in [0.3, 0.4) is 0 Å². The van der Waals surface area contributed by atoms with Gasteiger partial charge in [-0.1, -0.05) is 25.3 Å². The highest BCUT2D eigenvalue weighted by atomic mass is 19.4. The number of hydrogen-bond donors (Lipinski definition) is 1. The van der Waals surface area contributed by atoms with E-state index in [1.54, 1.807) is 0 Å². The zero-order valence-electron chi connectivity index (χ0n) is 12.9. The molecule has 8 heteroatoms. The Morgan fingerprint density at radius 1 is 1.29 bits per heavy atom. The number of hydrogen-bond acceptors (Lipinski definition) is 4. The van der Waals surface area contributed by atoms with Gasteiger partial charge in [-0.15, -0.1) is 0 Å². The van der Waals surface area contributed by atoms with Crippen LogP contribution in [0, 0.1) is 0 Å². The molecule has 5 nitrogen and oxygen atoms in total. The zero-order chi connectivity index (χ0) is 17.2. The Bertz CT molecular complexity index is 721. The second-order valence-electron chi connectivity index (χ2n) is 5.79. The molecule has 1 aliphatic rings. The minimum absolute atomic E-state index is 0.0316. The maximum atomic E-state index is 12.7. The molecule has 1 N–H and O–H groups in total. The molecule has 3 rings (SSSR count). The van der Waals surface area contributed by atoms with Gasteiger partial charge in [0.1, 0.15) is 12.1 Å². The number of rotatable bonds is 4. The average molecular weight is 342 g/mol. The van der Waals surface area contributed by atoms with E-state index in [1.165, 1.54) is 24.6 Å². The van der Waals surface area contributed by atoms with E-state index in [-0.39, 0.29) is 29.5 Å². The molecule has 1 fully saturated rings. The van der Waals surface area contributed by atoms with Crippen molar-refractivity contribution in [2.24, 2.45) is 0 Å². The van der Waals surface area contributed by atoms with E-state index < -0.39 is 18.0 Å². The van der Waals surface area contributed by atoms with Crippen LogP contribution in [0.5, 0.6) is 0 Å². The Balaban J connectivity index is 1.67. The number of nitrogens with one attached hydrogen (secondary N) is 1. The standard InChI is InChI=1S/C16H17F3N2O3/c17-16(18,19)15-21-14-11(7-4-8-12(14)24-15)20-13(22)9-23-10-5-2-1-3-6-10/h4,7-8,10H,1-3,5-6,9H2,(H,20,22). The van der Waals surface area contributed by atoms with Gasteiger partial charge in [0, 0.05) is 0 Å². The van der Waals surface area contributed by atoms with E-state index in [0.29, 0.717) is 0 Å². The van der Waals surface area contributed by atoms with Crippen LogP contribution in [0.2, 0.25) is 0 Å². The normalized spacial score (nSPS) is 16.5. The summed E-state index contributed by atoms with van der Waals surface area (Å²) >= 11 is 0. The first kappa shape index (κ1) is 16.8. The number of carbonyl (C=O) groups is 1. The topological polar surface area (TPSA) is 64.4 Å². The number of aromatic nitrogens is 1. The first-order chi connectivity index (χ1) is 11.4. The number of para-hydroxylation sites is 1. The first-order valence-corrected chi connectivity index (χ1v) is 7.81. The highest BCUT2D eigenvalue weighted by Crippen LogP contribution is 2.33. The summed E-state index contributed by atoms with van der Waals surface area (Å²) in [4.78, 5) is 15.4. The van der Waals surface area contributed by atoms with Crippen molar-refractivity contribution in [3.8, 4) is 0 Å². The highest BCUT2D eigenvalue weighted by molar-refractivity contribution is 5.99. The lowest BCUT2D eigenvalue weighted by Gasteiger charge is -2.21. The van der Waals surface area contributed by atoms with Gasteiger partial charge >= 0.3 is 12.1 Å². The van der Waals surface area contributed by atoms with Crippen LogP contribution in [-0.4, -0.2) is 23.6 Å². The van der Waals surface area contributed by atoms with E-state index in [0.717, 1.165) is 25.7 Å². The Hall–Kier alpha value is -2.09. The average Bonchev–Trinajstić information content (AvgIpc) is 3.00. The number of ether oxygens (including phenoxy) is 1. The molecule has 1 heterocycles. The molecule has 0 unspecified atom stereocenters. The summed E-state index contributed by atoms with van der Waals surface area (Å²) in [6.45, 7) is -0.134. The fourth-order valence-corrected chi connectivity index (χ4v) is 2.78. The Kier molecular flexibility index (Phi) is 4.75. The monoisotopic (exact) mass is 342 g/mol. The lowest BCUT2D eigenvalue weighted by Crippen LogP contribution is -2.24. The molecular formula is C16H17F3N2O3. The molecule has 0 atom stereocenters. The molecule has 2 aromatic rings. The number of amides is 1. The number of oxazole rings is 1. The van der Waals surface area contributed by atoms with Gasteiger partial charge in [-0.3, -0.25) is 4.79 Å². The minimum Gasteiger partial charge on any atom is -0.433 e. The minimum atomic E-state index is -4.68. The van der Waals surface area contributed by atoms with Crippen LogP contribution in [0.25, 0.3) is 11.1 Å². The summed E-state index contributed by atoms with van der Waals surface area (Å²) in [6, 6.07) is 4.33. The SMILES string of the molecule is O=C(COC1CCCCC1)Nc1cccc2oc(C(F)(F)F)nc12. The van der Waals surface area contributed by atoms with Gasteiger partial charge in [-0.25, -0.2) is 4.98 Å². The Morgan fingerprint density at radius 2 is 2.04 bits per heavy atom. The van der Waals surface area contributed by atoms with E-state index >= 15 is 0 Å². The maximum Gasteiger partial charge on any atom is 0.468 e. The van der Waals surface area contributed by atoms with Crippen LogP contribution in [-0.2, 0) is 15.7 Å². The lowest BCUT2D eigenvalue weighted by atomic mass is 9.98. The Labute approximate surface area is 136 Å². The van der Waals surface area contributed by atoms with Crippen molar-refractivity contribution in [2.75, 3.05) is 11.9 Å². The maximum absolute atomic E-state index is 12.7. The molecular weight excluding hydrogens is 325 g/mol. The molecule has 1 amide bonds. The van der Waals surface area contributed by atoms with E-state index in [1.807, 2.05) is 0 Å². The molecule has 0 saturated heterocycles. The number of halogens is 3. The van der Waals surface area contributed by atoms with Crippen molar-refractivity contribution >= 4 is 22.7 Å². The fraction of sp³-hybridized carbons (Fsp3) is 0.500. The fourth-order valence-electron chi connectivity index (χ4n) is 2.78. The van der Waals surface area contributed by atoms with Gasteiger partial charge in [-0.05, 0) is 25.0 Å². The van der Waals surface area contributed by atoms with Gasteiger partial charge in [0.15, 0.2) is 5.58 Å². The molecule has 1 aliphatic carbocycles. The smallest absolute Gasteiger partial charge is 0.433 e. The molecule has 0 radical (unpaired) electrons. The third kappa shape index (κ3) is 3.87. The summed E-state index contributed by atoms with van der Waals surface area (Å²) in [5, 5.41) is 2.54. The van der Waals surface area contributed by atoms with Gasteiger partial charge in [0.2, 0.25) is 5.91 Å². The van der Waals surface area contributed by atoms with Crippen molar-refractivity contribution in [3.05, 3.63) is 24.1 Å². The molecule has 1 aromatic heterocycles. The van der Waals surface area contributed by atoms with E-state index in [9.17, 15) is 18.0 Å². The quantitative estimate of drug-likeness (QED) is 0.907. The molecule has 130 valence electrons. The summed E-state index contributed by atoms with van der Waals surface area (Å²) in [6.07, 6.45) is 0.619. The predicted octanol–water partition coefficient (Wildman–Crippen LogP) is 4.13. The number of alkyl halides is 3. The summed E-state index contributed by atoms with van der Waals surface area (Å²) in [5.74, 6) is -1.76. The number of fused-ring (bicyclic) bond motifs is 1. The van der Waals surface area contributed by atoms with Crippen LogP contribution in [0.15, 0.2) is 22.6 Å². The van der Waals surface area contributed by atoms with Crippen LogP contribution >= 0.6 is 0 Å². The number of nitrogens with zero attached hydrogens (tertiary/aromatic N) is 1. The number of carbonyl (C=O) groups excluding carboxylic acids is 1. The Morgan fingerprint density at radius 3 is 2.75 bits per heavy atom. The van der Waals surface area contributed by atoms with E-state index in [2.05, 4.69) is 10.3 Å². The van der Waals surface area contributed by atoms with Crippen molar-refractivity contribution < 1.29 is 27.1 Å². The van der Waals surface area contributed by atoms with Crippen molar-refractivity contribution in [3.63, 3.8) is 0 Å². The first-order valence-electron chi connectivity index (χ1n) is 7.81. The second-order valence-corrected chi connectivity index (χ2v) is 5.79. The van der Waals surface area contributed by atoms with Gasteiger partial charge < -0.3 is 14.5 Å². The third-order valence-corrected chi connectivity index (χ3v) is 3.94. The van der Waals surface area contributed by atoms with E-state index in [4.69, 9.17) is 9.15 Å². The van der Waals surface area contributed by atoms with Gasteiger partial charge in [0.25, 0.3) is 0 Å². The molecule has 0 spiro atoms. The van der Waals surface area contributed by atoms with Crippen molar-refractivity contribution in [1.29, 1.82) is 0 Å². The molecule has 24 heavy (non-hydrogen) atoms. The van der Waals surface area contributed by atoms with Crippen LogP contribution in [0.4, 0.5) is 18.9 Å². The largest absolute Gasteiger partial charge is 0.468 e. The zero-order valence-corrected chi connectivity index (χ0v) is 12.9. The van der Waals surface area contributed by atoms with Crippen molar-refractivity contribution in [2.45, 2.75) is 44.4 Å². The summed E-state index contributed by atoms with van der Waals surface area (Å²) in [7, 11) is 0. The molecule has 1 aromatic carbocycles. The van der Waals surface area contributed by atoms with Crippen LogP contribution in [0.1, 0.15) is 38.0 Å². The number of anilines is 1. The molecule has 0 aliphatic heterocycles. The summed E-state index contributed by atoms with van der Waals surface area (Å²) in [5.41, 5.74) is 0.105.